The third-order valence-electron chi connectivity index (χ3n) is 4.98. The van der Waals surface area contributed by atoms with E-state index in [9.17, 15) is 4.79 Å². The molecule has 30 heavy (non-hydrogen) atoms. The van der Waals surface area contributed by atoms with Crippen molar-refractivity contribution in [2.24, 2.45) is 22.4 Å². The number of aromatic nitrogens is 1. The van der Waals surface area contributed by atoms with Crippen molar-refractivity contribution in [3.63, 3.8) is 0 Å². The first-order valence-corrected chi connectivity index (χ1v) is 10.1. The van der Waals surface area contributed by atoms with E-state index < -0.39 is 5.91 Å². The molecular weight excluding hydrogens is 376 g/mol. The Morgan fingerprint density at radius 3 is 2.13 bits per heavy atom. The minimum Gasteiger partial charge on any atom is -0.493 e. The molecular formula is C24H28N4O2. The van der Waals surface area contributed by atoms with Crippen molar-refractivity contribution in [2.45, 2.75) is 26.8 Å². The molecule has 6 heteroatoms. The van der Waals surface area contributed by atoms with Gasteiger partial charge in [0.15, 0.2) is 5.96 Å². The maximum atomic E-state index is 12.3. The van der Waals surface area contributed by atoms with Crippen LogP contribution in [-0.2, 0) is 11.3 Å². The Kier molecular flexibility index (Phi) is 6.91. The summed E-state index contributed by atoms with van der Waals surface area (Å²) in [4.78, 5) is 16.0. The number of hydrogen-bond acceptors (Lipinski definition) is 2. The van der Waals surface area contributed by atoms with Crippen molar-refractivity contribution >= 4 is 11.9 Å². The number of carbonyl (C=O) groups excluding carboxylic acids is 1. The summed E-state index contributed by atoms with van der Waals surface area (Å²) in [6, 6.07) is 21.8. The summed E-state index contributed by atoms with van der Waals surface area (Å²) >= 11 is 0. The fourth-order valence-electron chi connectivity index (χ4n) is 3.14. The third kappa shape index (κ3) is 5.29. The largest absolute Gasteiger partial charge is 0.493 e. The Labute approximate surface area is 177 Å². The van der Waals surface area contributed by atoms with Crippen molar-refractivity contribution in [3.8, 4) is 28.3 Å². The van der Waals surface area contributed by atoms with Gasteiger partial charge in [-0.2, -0.15) is 4.99 Å². The summed E-state index contributed by atoms with van der Waals surface area (Å²) in [5.74, 6) is 0.699. The number of nitrogens with zero attached hydrogens (tertiary/aromatic N) is 2. The van der Waals surface area contributed by atoms with E-state index in [2.05, 4.69) is 18.8 Å². The number of hydrogen-bond donors (Lipinski definition) is 2. The number of benzene rings is 2. The molecule has 0 aliphatic heterocycles. The van der Waals surface area contributed by atoms with E-state index in [0.29, 0.717) is 12.5 Å². The Bertz CT molecular complexity index is 1000. The highest BCUT2D eigenvalue weighted by molar-refractivity contribution is 5.92. The van der Waals surface area contributed by atoms with Gasteiger partial charge in [0.2, 0.25) is 0 Å². The van der Waals surface area contributed by atoms with Gasteiger partial charge in [-0.3, -0.25) is 4.79 Å². The van der Waals surface area contributed by atoms with Crippen LogP contribution in [-0.4, -0.2) is 23.0 Å². The van der Waals surface area contributed by atoms with Gasteiger partial charge in [-0.25, -0.2) is 0 Å². The van der Waals surface area contributed by atoms with Gasteiger partial charge in [0.1, 0.15) is 12.3 Å². The molecule has 1 heterocycles. The van der Waals surface area contributed by atoms with Gasteiger partial charge in [0.25, 0.3) is 5.91 Å². The first-order valence-electron chi connectivity index (χ1n) is 10.1. The predicted octanol–water partition coefficient (Wildman–Crippen LogP) is 4.05. The van der Waals surface area contributed by atoms with Gasteiger partial charge < -0.3 is 20.8 Å². The third-order valence-corrected chi connectivity index (χ3v) is 4.98. The normalized spacial score (nSPS) is 11.7. The van der Waals surface area contributed by atoms with Crippen LogP contribution in [0.5, 0.6) is 5.75 Å². The fourth-order valence-corrected chi connectivity index (χ4v) is 3.14. The van der Waals surface area contributed by atoms with Crippen LogP contribution in [0.4, 0.5) is 0 Å². The van der Waals surface area contributed by atoms with Crippen LogP contribution in [0.1, 0.15) is 20.3 Å². The molecule has 0 aliphatic carbocycles. The van der Waals surface area contributed by atoms with Crippen molar-refractivity contribution in [3.05, 3.63) is 66.7 Å². The summed E-state index contributed by atoms with van der Waals surface area (Å²) < 4.78 is 7.79. The zero-order valence-corrected chi connectivity index (χ0v) is 17.4. The summed E-state index contributed by atoms with van der Waals surface area (Å²) in [6.45, 7) is 5.05. The van der Waals surface area contributed by atoms with Crippen molar-refractivity contribution in [2.75, 3.05) is 6.61 Å². The zero-order valence-electron chi connectivity index (χ0n) is 17.4. The summed E-state index contributed by atoms with van der Waals surface area (Å²) in [5, 5.41) is 0. The summed E-state index contributed by atoms with van der Waals surface area (Å²) in [7, 11) is 0. The van der Waals surface area contributed by atoms with Gasteiger partial charge in [-0.05, 0) is 53.4 Å². The summed E-state index contributed by atoms with van der Waals surface area (Å²) in [5.41, 5.74) is 14.6. The van der Waals surface area contributed by atoms with Crippen molar-refractivity contribution < 1.29 is 9.53 Å². The number of ether oxygens (including phenoxy) is 1. The number of nitrogens with two attached hydrogens (primary N) is 2. The maximum Gasteiger partial charge on any atom is 0.268 e. The van der Waals surface area contributed by atoms with Crippen LogP contribution in [0.2, 0.25) is 0 Å². The fraction of sp³-hybridized carbons (Fsp3) is 0.250. The quantitative estimate of drug-likeness (QED) is 0.437. The predicted molar refractivity (Wildman–Crippen MR) is 121 cm³/mol. The lowest BCUT2D eigenvalue weighted by Crippen LogP contribution is -2.25. The molecule has 0 aliphatic rings. The van der Waals surface area contributed by atoms with Crippen LogP contribution in [0, 0.1) is 5.92 Å². The molecule has 1 aromatic heterocycles. The van der Waals surface area contributed by atoms with Gasteiger partial charge >= 0.3 is 0 Å². The highest BCUT2D eigenvalue weighted by Gasteiger charge is 2.15. The Morgan fingerprint density at radius 1 is 0.967 bits per heavy atom. The van der Waals surface area contributed by atoms with E-state index in [0.717, 1.165) is 34.7 Å². The van der Waals surface area contributed by atoms with E-state index in [1.54, 1.807) is 0 Å². The van der Waals surface area contributed by atoms with E-state index in [4.69, 9.17) is 16.2 Å². The second-order valence-electron chi connectivity index (χ2n) is 7.34. The second kappa shape index (κ2) is 9.78. The number of rotatable bonds is 8. The molecule has 0 saturated carbocycles. The van der Waals surface area contributed by atoms with Crippen LogP contribution in [0.15, 0.2) is 71.7 Å². The van der Waals surface area contributed by atoms with Gasteiger partial charge in [0.05, 0.1) is 6.61 Å². The molecule has 4 N–H and O–H groups in total. The molecule has 0 fully saturated rings. The molecule has 3 rings (SSSR count). The van der Waals surface area contributed by atoms with Gasteiger partial charge in [0, 0.05) is 11.4 Å². The van der Waals surface area contributed by atoms with Crippen molar-refractivity contribution in [1.29, 1.82) is 0 Å². The maximum absolute atomic E-state index is 12.3. The van der Waals surface area contributed by atoms with Gasteiger partial charge in [-0.1, -0.05) is 50.6 Å². The second-order valence-corrected chi connectivity index (χ2v) is 7.34. The number of amides is 1. The van der Waals surface area contributed by atoms with Crippen LogP contribution >= 0.6 is 0 Å². The molecule has 0 spiro atoms. The monoisotopic (exact) mass is 404 g/mol. The smallest absolute Gasteiger partial charge is 0.268 e. The van der Waals surface area contributed by atoms with Gasteiger partial charge in [-0.15, -0.1) is 0 Å². The topological polar surface area (TPSA) is 95.6 Å². The standard InChI is InChI=1S/C24H28N4O2/c1-3-17(2)16-30-20-11-9-19(10-12-20)22-14-13-21(18-7-5-4-6-8-18)28(22)15-23(29)27-24(25)26/h4-14,17H,3,15-16H2,1-2H3,(H4,25,26,27,29)/t17-/m0/s1. The molecule has 0 radical (unpaired) electrons. The van der Waals surface area contributed by atoms with Crippen LogP contribution in [0.3, 0.4) is 0 Å². The molecule has 156 valence electrons. The lowest BCUT2D eigenvalue weighted by atomic mass is 10.1. The highest BCUT2D eigenvalue weighted by Crippen LogP contribution is 2.30. The number of carbonyl (C=O) groups is 1. The first-order chi connectivity index (χ1) is 14.5. The van der Waals surface area contributed by atoms with E-state index in [-0.39, 0.29) is 12.5 Å². The molecule has 0 saturated heterocycles. The minimum absolute atomic E-state index is 0.0384. The molecule has 1 amide bonds. The Balaban J connectivity index is 1.93. The van der Waals surface area contributed by atoms with Crippen LogP contribution in [0.25, 0.3) is 22.5 Å². The zero-order chi connectivity index (χ0) is 21.5. The van der Waals surface area contributed by atoms with E-state index in [1.165, 1.54) is 0 Å². The summed E-state index contributed by atoms with van der Waals surface area (Å²) in [6.07, 6.45) is 1.08. The SMILES string of the molecule is CC[C@H](C)COc1ccc(-c2ccc(-c3ccccc3)n2CC(=O)N=C(N)N)cc1. The lowest BCUT2D eigenvalue weighted by Gasteiger charge is -2.14. The molecule has 1 atom stereocenters. The Hall–Kier alpha value is -3.54. The minimum atomic E-state index is -0.405. The molecule has 3 aromatic rings. The average Bonchev–Trinajstić information content (AvgIpc) is 3.15. The van der Waals surface area contributed by atoms with E-state index in [1.807, 2.05) is 71.3 Å². The molecule has 0 bridgehead atoms. The molecule has 2 aromatic carbocycles. The first kappa shape index (κ1) is 21.2. The van der Waals surface area contributed by atoms with E-state index >= 15 is 0 Å². The average molecular weight is 405 g/mol. The highest BCUT2D eigenvalue weighted by atomic mass is 16.5. The molecule has 0 unspecified atom stereocenters. The van der Waals surface area contributed by atoms with Crippen LogP contribution < -0.4 is 16.2 Å². The molecule has 6 nitrogen and oxygen atoms in total. The number of guanidine groups is 1. The lowest BCUT2D eigenvalue weighted by molar-refractivity contribution is -0.118. The van der Waals surface area contributed by atoms with Crippen molar-refractivity contribution in [1.82, 2.24) is 4.57 Å². The Morgan fingerprint density at radius 2 is 1.57 bits per heavy atom. The number of aliphatic imine (C=N–C) groups is 1.